The molecule has 0 heterocycles. The van der Waals surface area contributed by atoms with Crippen LogP contribution in [0.25, 0.3) is 0 Å². The fourth-order valence-corrected chi connectivity index (χ4v) is 3.11. The van der Waals surface area contributed by atoms with Crippen LogP contribution in [0.3, 0.4) is 0 Å². The zero-order valence-electron chi connectivity index (χ0n) is 8.75. The molecule has 0 saturated heterocycles. The number of sulfone groups is 1. The van der Waals surface area contributed by atoms with Crippen LogP contribution in [0.5, 0.6) is 0 Å². The topological polar surface area (TPSA) is 34.1 Å². The Hall–Kier alpha value is 0.0400. The van der Waals surface area contributed by atoms with Gasteiger partial charge in [0.1, 0.15) is 0 Å². The van der Waals surface area contributed by atoms with Crippen LogP contribution >= 0.6 is 34.8 Å². The van der Waals surface area contributed by atoms with Crippen molar-refractivity contribution in [1.82, 2.24) is 0 Å². The van der Waals surface area contributed by atoms with Gasteiger partial charge in [0, 0.05) is 16.3 Å². The van der Waals surface area contributed by atoms with Crippen LogP contribution in [0.2, 0.25) is 10.0 Å². The molecule has 0 aliphatic heterocycles. The highest BCUT2D eigenvalue weighted by molar-refractivity contribution is 7.91. The van der Waals surface area contributed by atoms with Crippen LogP contribution in [0, 0.1) is 0 Å². The molecule has 0 spiro atoms. The van der Waals surface area contributed by atoms with Crippen LogP contribution in [0.1, 0.15) is 17.9 Å². The quantitative estimate of drug-likeness (QED) is 0.798. The van der Waals surface area contributed by atoms with E-state index in [4.69, 9.17) is 34.8 Å². The third kappa shape index (κ3) is 3.27. The van der Waals surface area contributed by atoms with Crippen molar-refractivity contribution in [3.8, 4) is 0 Å². The van der Waals surface area contributed by atoms with Gasteiger partial charge in [0.15, 0.2) is 9.84 Å². The summed E-state index contributed by atoms with van der Waals surface area (Å²) in [6.45, 7) is 1.55. The molecule has 0 N–H and O–H groups in total. The second-order valence-corrected chi connectivity index (χ2v) is 7.32. The van der Waals surface area contributed by atoms with Crippen molar-refractivity contribution in [2.24, 2.45) is 0 Å². The lowest BCUT2D eigenvalue weighted by Crippen LogP contribution is -2.21. The Morgan fingerprint density at radius 2 is 1.81 bits per heavy atom. The predicted molar refractivity (Wildman–Crippen MR) is 69.4 cm³/mol. The average molecular weight is 302 g/mol. The van der Waals surface area contributed by atoms with Crippen molar-refractivity contribution in [2.45, 2.75) is 17.6 Å². The van der Waals surface area contributed by atoms with E-state index >= 15 is 0 Å². The van der Waals surface area contributed by atoms with Gasteiger partial charge in [-0.3, -0.25) is 0 Å². The second kappa shape index (κ2) is 5.13. The highest BCUT2D eigenvalue weighted by atomic mass is 35.5. The number of alkyl halides is 1. The van der Waals surface area contributed by atoms with Gasteiger partial charge < -0.3 is 0 Å². The number of benzene rings is 1. The summed E-state index contributed by atoms with van der Waals surface area (Å²) in [6, 6.07) is 4.82. The summed E-state index contributed by atoms with van der Waals surface area (Å²) in [4.78, 5) is 0. The van der Waals surface area contributed by atoms with Crippen molar-refractivity contribution < 1.29 is 8.42 Å². The molecule has 90 valence electrons. The molecule has 0 aliphatic carbocycles. The molecule has 0 aromatic heterocycles. The van der Waals surface area contributed by atoms with Crippen molar-refractivity contribution in [3.63, 3.8) is 0 Å². The monoisotopic (exact) mass is 300 g/mol. The molecular weight excluding hydrogens is 291 g/mol. The number of hydrogen-bond donors (Lipinski definition) is 0. The molecule has 16 heavy (non-hydrogen) atoms. The number of hydrogen-bond acceptors (Lipinski definition) is 2. The Morgan fingerprint density at radius 3 is 2.25 bits per heavy atom. The maximum atomic E-state index is 11.4. The van der Waals surface area contributed by atoms with E-state index in [-0.39, 0.29) is 0 Å². The van der Waals surface area contributed by atoms with Gasteiger partial charge in [0.2, 0.25) is 0 Å². The minimum atomic E-state index is -3.20. The van der Waals surface area contributed by atoms with Gasteiger partial charge in [-0.05, 0) is 24.6 Å². The summed E-state index contributed by atoms with van der Waals surface area (Å²) < 4.78 is 22.7. The van der Waals surface area contributed by atoms with E-state index in [1.807, 2.05) is 0 Å². The van der Waals surface area contributed by atoms with Gasteiger partial charge in [-0.2, -0.15) is 0 Å². The smallest absolute Gasteiger partial charge is 0.151 e. The Labute approximate surface area is 110 Å². The number of rotatable bonds is 3. The SMILES string of the molecule is CC(C(Cl)c1ccc(Cl)cc1Cl)S(C)(=O)=O. The Bertz CT molecular complexity index is 485. The van der Waals surface area contributed by atoms with Crippen molar-refractivity contribution in [1.29, 1.82) is 0 Å². The molecule has 0 amide bonds. The van der Waals surface area contributed by atoms with E-state index in [0.717, 1.165) is 6.26 Å². The van der Waals surface area contributed by atoms with Crippen LogP contribution in [0.4, 0.5) is 0 Å². The zero-order chi connectivity index (χ0) is 12.5. The molecule has 1 aromatic rings. The molecule has 2 atom stereocenters. The van der Waals surface area contributed by atoms with Gasteiger partial charge in [-0.1, -0.05) is 29.3 Å². The molecule has 1 aromatic carbocycles. The molecule has 0 radical (unpaired) electrons. The molecule has 0 fully saturated rings. The van der Waals surface area contributed by atoms with E-state index in [2.05, 4.69) is 0 Å². The molecule has 1 rings (SSSR count). The first-order valence-electron chi connectivity index (χ1n) is 4.51. The molecule has 0 saturated carbocycles. The minimum Gasteiger partial charge on any atom is -0.229 e. The van der Waals surface area contributed by atoms with Crippen LogP contribution in [-0.2, 0) is 9.84 Å². The summed E-state index contributed by atoms with van der Waals surface area (Å²) in [5.74, 6) is 0. The number of halogens is 3. The maximum Gasteiger partial charge on any atom is 0.151 e. The third-order valence-electron chi connectivity index (χ3n) is 2.35. The Balaban J connectivity index is 3.10. The largest absolute Gasteiger partial charge is 0.229 e. The molecule has 2 nitrogen and oxygen atoms in total. The van der Waals surface area contributed by atoms with Gasteiger partial charge in [0.05, 0.1) is 10.6 Å². The average Bonchev–Trinajstić information content (AvgIpc) is 2.14. The zero-order valence-corrected chi connectivity index (χ0v) is 11.8. The fourth-order valence-electron chi connectivity index (χ4n) is 1.20. The maximum absolute atomic E-state index is 11.4. The summed E-state index contributed by atoms with van der Waals surface area (Å²) in [7, 11) is -3.20. The van der Waals surface area contributed by atoms with Crippen molar-refractivity contribution in [2.75, 3.05) is 6.26 Å². The Morgan fingerprint density at radius 1 is 1.25 bits per heavy atom. The van der Waals surface area contributed by atoms with Gasteiger partial charge in [-0.15, -0.1) is 11.6 Å². The molecule has 0 bridgehead atoms. The molecular formula is C10H11Cl3O2S. The van der Waals surface area contributed by atoms with Crippen molar-refractivity contribution >= 4 is 44.6 Å². The van der Waals surface area contributed by atoms with Gasteiger partial charge >= 0.3 is 0 Å². The lowest BCUT2D eigenvalue weighted by Gasteiger charge is -2.17. The van der Waals surface area contributed by atoms with Crippen LogP contribution < -0.4 is 0 Å². The normalized spacial score (nSPS) is 15.8. The summed E-state index contributed by atoms with van der Waals surface area (Å²) in [6.07, 6.45) is 1.15. The van der Waals surface area contributed by atoms with Crippen LogP contribution in [0.15, 0.2) is 18.2 Å². The van der Waals surface area contributed by atoms with E-state index in [9.17, 15) is 8.42 Å². The van der Waals surface area contributed by atoms with Crippen molar-refractivity contribution in [3.05, 3.63) is 33.8 Å². The second-order valence-electron chi connectivity index (χ2n) is 3.60. The standard InChI is InChI=1S/C10H11Cl3O2S/c1-6(16(2,14)15)10(13)8-4-3-7(11)5-9(8)12/h3-6,10H,1-2H3. The van der Waals surface area contributed by atoms with Gasteiger partial charge in [-0.25, -0.2) is 8.42 Å². The molecule has 6 heteroatoms. The summed E-state index contributed by atoms with van der Waals surface area (Å²) in [5.41, 5.74) is 0.575. The van der Waals surface area contributed by atoms with E-state index in [1.165, 1.54) is 0 Å². The minimum absolute atomic E-state index is 0.378. The van der Waals surface area contributed by atoms with Gasteiger partial charge in [0.25, 0.3) is 0 Å². The van der Waals surface area contributed by atoms with E-state index in [1.54, 1.807) is 25.1 Å². The van der Waals surface area contributed by atoms with E-state index in [0.29, 0.717) is 15.6 Å². The lowest BCUT2D eigenvalue weighted by molar-refractivity contribution is 0.587. The predicted octanol–water partition coefficient (Wildman–Crippen LogP) is 3.71. The van der Waals surface area contributed by atoms with Crippen LogP contribution in [-0.4, -0.2) is 19.9 Å². The summed E-state index contributed by atoms with van der Waals surface area (Å²) in [5, 5.41) is -0.514. The summed E-state index contributed by atoms with van der Waals surface area (Å²) >= 11 is 17.8. The first kappa shape index (κ1) is 14.1. The first-order valence-corrected chi connectivity index (χ1v) is 7.66. The third-order valence-corrected chi connectivity index (χ3v) is 5.29. The lowest BCUT2D eigenvalue weighted by atomic mass is 10.1. The Kier molecular flexibility index (Phi) is 4.52. The highest BCUT2D eigenvalue weighted by Crippen LogP contribution is 2.34. The first-order chi connectivity index (χ1) is 7.23. The molecule has 2 unspecified atom stereocenters. The molecule has 0 aliphatic rings. The fraction of sp³-hybridized carbons (Fsp3) is 0.400. The van der Waals surface area contributed by atoms with E-state index < -0.39 is 20.5 Å². The highest BCUT2D eigenvalue weighted by Gasteiger charge is 2.27.